The van der Waals surface area contributed by atoms with E-state index in [-0.39, 0.29) is 5.91 Å². The number of carbonyl (C=O) groups excluding carboxylic acids is 1. The molecule has 0 aliphatic heterocycles. The van der Waals surface area contributed by atoms with Gasteiger partial charge in [-0.1, -0.05) is 47.6 Å². The minimum absolute atomic E-state index is 0.0167. The maximum absolute atomic E-state index is 12.0. The van der Waals surface area contributed by atoms with Crippen molar-refractivity contribution in [1.82, 2.24) is 10.5 Å². The lowest BCUT2D eigenvalue weighted by Gasteiger charge is -2.05. The highest BCUT2D eigenvalue weighted by molar-refractivity contribution is 5.78. The van der Waals surface area contributed by atoms with Gasteiger partial charge in [0.05, 0.1) is 19.2 Å². The Labute approximate surface area is 146 Å². The number of hydrogen-bond acceptors (Lipinski definition) is 4. The number of amides is 1. The second kappa shape index (κ2) is 8.15. The quantitative estimate of drug-likeness (QED) is 0.719. The topological polar surface area (TPSA) is 64.4 Å². The van der Waals surface area contributed by atoms with E-state index >= 15 is 0 Å². The van der Waals surface area contributed by atoms with E-state index in [1.165, 1.54) is 0 Å². The highest BCUT2D eigenvalue weighted by Gasteiger charge is 2.07. The van der Waals surface area contributed by atoms with E-state index in [0.717, 1.165) is 28.3 Å². The van der Waals surface area contributed by atoms with E-state index in [2.05, 4.69) is 10.5 Å². The lowest BCUT2D eigenvalue weighted by molar-refractivity contribution is -0.120. The number of benzene rings is 2. The van der Waals surface area contributed by atoms with Crippen molar-refractivity contribution < 1.29 is 14.1 Å². The number of methoxy groups -OCH3 is 1. The van der Waals surface area contributed by atoms with Gasteiger partial charge in [0.25, 0.3) is 0 Å². The first kappa shape index (κ1) is 16.8. The normalized spacial score (nSPS) is 10.4. The van der Waals surface area contributed by atoms with E-state index in [1.54, 1.807) is 7.11 Å². The molecular formula is C20H20N2O3. The third-order valence-electron chi connectivity index (χ3n) is 3.84. The molecule has 1 amide bonds. The summed E-state index contributed by atoms with van der Waals surface area (Å²) in [6.45, 7) is 0.524. The molecule has 0 aliphatic carbocycles. The SMILES string of the molecule is COc1ccc(CC(=O)NCCc2cc(-c3ccccc3)on2)cc1. The molecule has 0 bridgehead atoms. The molecule has 1 N–H and O–H groups in total. The van der Waals surface area contributed by atoms with E-state index in [9.17, 15) is 4.79 Å². The summed E-state index contributed by atoms with van der Waals surface area (Å²) in [5.74, 6) is 1.50. The Bertz CT molecular complexity index is 810. The first-order valence-electron chi connectivity index (χ1n) is 8.15. The molecule has 0 aliphatic rings. The number of rotatable bonds is 7. The van der Waals surface area contributed by atoms with Crippen molar-refractivity contribution in [2.24, 2.45) is 0 Å². The van der Waals surface area contributed by atoms with Gasteiger partial charge in [0.1, 0.15) is 5.75 Å². The second-order valence-corrected chi connectivity index (χ2v) is 5.67. The third-order valence-corrected chi connectivity index (χ3v) is 3.84. The van der Waals surface area contributed by atoms with Crippen molar-refractivity contribution in [2.45, 2.75) is 12.8 Å². The minimum Gasteiger partial charge on any atom is -0.497 e. The van der Waals surface area contributed by atoms with E-state index in [1.807, 2.05) is 60.7 Å². The lowest BCUT2D eigenvalue weighted by Crippen LogP contribution is -2.27. The molecule has 5 nitrogen and oxygen atoms in total. The minimum atomic E-state index is -0.0167. The standard InChI is InChI=1S/C20H20N2O3/c1-24-18-9-7-15(8-10-18)13-20(23)21-12-11-17-14-19(25-22-17)16-5-3-2-4-6-16/h2-10,14H,11-13H2,1H3,(H,21,23). The van der Waals surface area contributed by atoms with Gasteiger partial charge in [-0.15, -0.1) is 0 Å². The zero-order valence-corrected chi connectivity index (χ0v) is 14.1. The van der Waals surface area contributed by atoms with Crippen LogP contribution < -0.4 is 10.1 Å². The Balaban J connectivity index is 1.46. The van der Waals surface area contributed by atoms with Gasteiger partial charge in [0.2, 0.25) is 5.91 Å². The molecule has 3 rings (SSSR count). The zero-order valence-electron chi connectivity index (χ0n) is 14.1. The van der Waals surface area contributed by atoms with Gasteiger partial charge in [-0.25, -0.2) is 0 Å². The Hall–Kier alpha value is -3.08. The molecule has 0 spiro atoms. The van der Waals surface area contributed by atoms with Gasteiger partial charge >= 0.3 is 0 Å². The Morgan fingerprint density at radius 3 is 2.60 bits per heavy atom. The number of hydrogen-bond donors (Lipinski definition) is 1. The molecule has 3 aromatic rings. The molecule has 0 fully saturated rings. The molecular weight excluding hydrogens is 316 g/mol. The summed E-state index contributed by atoms with van der Waals surface area (Å²) in [4.78, 5) is 12.0. The molecule has 0 atom stereocenters. The fraction of sp³-hybridized carbons (Fsp3) is 0.200. The summed E-state index contributed by atoms with van der Waals surface area (Å²) in [5, 5.41) is 6.96. The molecule has 5 heteroatoms. The summed E-state index contributed by atoms with van der Waals surface area (Å²) < 4.78 is 10.5. The fourth-order valence-electron chi connectivity index (χ4n) is 2.49. The predicted octanol–water partition coefficient (Wildman–Crippen LogP) is 3.25. The van der Waals surface area contributed by atoms with Crippen molar-refractivity contribution in [1.29, 1.82) is 0 Å². The van der Waals surface area contributed by atoms with Crippen molar-refractivity contribution in [2.75, 3.05) is 13.7 Å². The van der Waals surface area contributed by atoms with Gasteiger partial charge in [0, 0.05) is 24.6 Å². The second-order valence-electron chi connectivity index (χ2n) is 5.67. The molecule has 2 aromatic carbocycles. The maximum Gasteiger partial charge on any atom is 0.224 e. The lowest BCUT2D eigenvalue weighted by atomic mass is 10.1. The van der Waals surface area contributed by atoms with Crippen LogP contribution in [0, 0.1) is 0 Å². The van der Waals surface area contributed by atoms with Gasteiger partial charge in [-0.05, 0) is 17.7 Å². The van der Waals surface area contributed by atoms with E-state index < -0.39 is 0 Å². The molecule has 128 valence electrons. The molecule has 0 radical (unpaired) electrons. The van der Waals surface area contributed by atoms with Crippen molar-refractivity contribution in [3.8, 4) is 17.1 Å². The average Bonchev–Trinajstić information content (AvgIpc) is 3.12. The van der Waals surface area contributed by atoms with Crippen molar-refractivity contribution >= 4 is 5.91 Å². The zero-order chi connectivity index (χ0) is 17.5. The van der Waals surface area contributed by atoms with Crippen molar-refractivity contribution in [3.63, 3.8) is 0 Å². The molecule has 1 heterocycles. The number of nitrogens with one attached hydrogen (secondary N) is 1. The first-order chi connectivity index (χ1) is 12.2. The van der Waals surface area contributed by atoms with Crippen LogP contribution in [0.3, 0.4) is 0 Å². The van der Waals surface area contributed by atoms with Crippen LogP contribution >= 0.6 is 0 Å². The average molecular weight is 336 g/mol. The molecule has 1 aromatic heterocycles. The van der Waals surface area contributed by atoms with Crippen LogP contribution in [-0.2, 0) is 17.6 Å². The van der Waals surface area contributed by atoms with Crippen LogP contribution in [0.4, 0.5) is 0 Å². The molecule has 0 unspecified atom stereocenters. The summed E-state index contributed by atoms with van der Waals surface area (Å²) in [6.07, 6.45) is 0.975. The number of carbonyl (C=O) groups is 1. The summed E-state index contributed by atoms with van der Waals surface area (Å²) in [7, 11) is 1.62. The summed E-state index contributed by atoms with van der Waals surface area (Å²) in [5.41, 5.74) is 2.76. The monoisotopic (exact) mass is 336 g/mol. The van der Waals surface area contributed by atoms with Crippen LogP contribution in [0.1, 0.15) is 11.3 Å². The Morgan fingerprint density at radius 1 is 1.12 bits per heavy atom. The third kappa shape index (κ3) is 4.70. The van der Waals surface area contributed by atoms with Crippen LogP contribution in [0.25, 0.3) is 11.3 Å². The van der Waals surface area contributed by atoms with Gasteiger partial charge < -0.3 is 14.6 Å². The maximum atomic E-state index is 12.0. The molecule has 25 heavy (non-hydrogen) atoms. The Morgan fingerprint density at radius 2 is 1.88 bits per heavy atom. The van der Waals surface area contributed by atoms with Gasteiger partial charge in [-0.3, -0.25) is 4.79 Å². The van der Waals surface area contributed by atoms with Crippen LogP contribution in [-0.4, -0.2) is 24.7 Å². The fourth-order valence-corrected chi connectivity index (χ4v) is 2.49. The predicted molar refractivity (Wildman–Crippen MR) is 95.4 cm³/mol. The van der Waals surface area contributed by atoms with Gasteiger partial charge in [-0.2, -0.15) is 0 Å². The van der Waals surface area contributed by atoms with E-state index in [4.69, 9.17) is 9.26 Å². The van der Waals surface area contributed by atoms with Gasteiger partial charge in [0.15, 0.2) is 5.76 Å². The largest absolute Gasteiger partial charge is 0.497 e. The number of ether oxygens (including phenoxy) is 1. The smallest absolute Gasteiger partial charge is 0.224 e. The van der Waals surface area contributed by atoms with Crippen LogP contribution in [0.5, 0.6) is 5.75 Å². The summed E-state index contributed by atoms with van der Waals surface area (Å²) in [6, 6.07) is 19.2. The van der Waals surface area contributed by atoms with Crippen LogP contribution in [0.15, 0.2) is 65.2 Å². The summed E-state index contributed by atoms with van der Waals surface area (Å²) >= 11 is 0. The van der Waals surface area contributed by atoms with Crippen molar-refractivity contribution in [3.05, 3.63) is 71.9 Å². The highest BCUT2D eigenvalue weighted by atomic mass is 16.5. The number of aromatic nitrogens is 1. The van der Waals surface area contributed by atoms with Crippen LogP contribution in [0.2, 0.25) is 0 Å². The highest BCUT2D eigenvalue weighted by Crippen LogP contribution is 2.19. The van der Waals surface area contributed by atoms with E-state index in [0.29, 0.717) is 19.4 Å². The number of nitrogens with zero attached hydrogens (tertiary/aromatic N) is 1. The molecule has 0 saturated heterocycles. The molecule has 0 saturated carbocycles. The Kier molecular flexibility index (Phi) is 5.46. The first-order valence-corrected chi connectivity index (χ1v) is 8.15.